The van der Waals surface area contributed by atoms with Gasteiger partial charge in [-0.2, -0.15) is 10.2 Å². The zero-order valence-electron chi connectivity index (χ0n) is 18.5. The maximum Gasteiger partial charge on any atom is 0.157 e. The van der Waals surface area contributed by atoms with Crippen molar-refractivity contribution in [2.24, 2.45) is 10.2 Å². The normalized spacial score (nSPS) is 32.9. The fraction of sp³-hybridized carbons (Fsp3) is 0.417. The molecule has 7 rings (SSSR count). The minimum atomic E-state index is -1.76. The number of para-hydroxylation sites is 2. The van der Waals surface area contributed by atoms with E-state index >= 15 is 0 Å². The van der Waals surface area contributed by atoms with E-state index < -0.39 is 8.07 Å². The number of fused-ring (bicyclic) bond motifs is 8. The number of nitrogens with zero attached hydrogens (tertiary/aromatic N) is 5. The van der Waals surface area contributed by atoms with Crippen LogP contribution in [0.3, 0.4) is 0 Å². The van der Waals surface area contributed by atoms with Gasteiger partial charge in [0.25, 0.3) is 0 Å². The molecule has 5 atom stereocenters. The van der Waals surface area contributed by atoms with Crippen molar-refractivity contribution in [3.05, 3.63) is 48.5 Å². The van der Waals surface area contributed by atoms with Crippen LogP contribution in [-0.4, -0.2) is 61.0 Å². The third kappa shape index (κ3) is 2.30. The van der Waals surface area contributed by atoms with Crippen LogP contribution in [0.2, 0.25) is 13.1 Å². The minimum absolute atomic E-state index is 0.0976. The fourth-order valence-electron chi connectivity index (χ4n) is 6.85. The molecule has 2 fully saturated rings. The molecule has 8 heteroatoms. The molecule has 2 aromatic carbocycles. The lowest BCUT2D eigenvalue weighted by Crippen LogP contribution is -2.75. The monoisotopic (exact) mass is 443 g/mol. The van der Waals surface area contributed by atoms with Crippen LogP contribution in [0.15, 0.2) is 58.7 Å². The molecule has 4 heterocycles. The van der Waals surface area contributed by atoms with E-state index in [0.29, 0.717) is 18.1 Å². The number of rotatable bonds is 1. The molecule has 0 amide bonds. The Morgan fingerprint density at radius 2 is 1.34 bits per heavy atom. The van der Waals surface area contributed by atoms with E-state index in [4.69, 9.17) is 0 Å². The summed E-state index contributed by atoms with van der Waals surface area (Å²) >= 11 is 0. The summed E-state index contributed by atoms with van der Waals surface area (Å²) in [5.74, 6) is 0. The summed E-state index contributed by atoms with van der Waals surface area (Å²) in [7, 11) is -1.76. The molecule has 32 heavy (non-hydrogen) atoms. The van der Waals surface area contributed by atoms with E-state index in [1.165, 1.54) is 30.6 Å². The largest absolute Gasteiger partial charge is 0.336 e. The van der Waals surface area contributed by atoms with Crippen molar-refractivity contribution >= 4 is 42.5 Å². The van der Waals surface area contributed by atoms with Crippen molar-refractivity contribution in [3.63, 3.8) is 0 Å². The van der Waals surface area contributed by atoms with Gasteiger partial charge in [-0.05, 0) is 41.8 Å². The summed E-state index contributed by atoms with van der Waals surface area (Å²) in [5.41, 5.74) is 9.45. The molecule has 2 aromatic rings. The smallest absolute Gasteiger partial charge is 0.157 e. The van der Waals surface area contributed by atoms with Crippen molar-refractivity contribution in [3.8, 4) is 0 Å². The molecule has 0 aromatic heterocycles. The van der Waals surface area contributed by atoms with Gasteiger partial charge in [-0.25, -0.2) is 0 Å². The molecule has 4 aliphatic heterocycles. The van der Waals surface area contributed by atoms with E-state index in [0.717, 1.165) is 0 Å². The maximum absolute atomic E-state index is 4.49. The Bertz CT molecular complexity index is 1080. The second-order valence-electron chi connectivity index (χ2n) is 10.1. The highest BCUT2D eigenvalue weighted by Gasteiger charge is 2.55. The lowest BCUT2D eigenvalue weighted by molar-refractivity contribution is -0.0133. The van der Waals surface area contributed by atoms with Gasteiger partial charge in [-0.1, -0.05) is 49.5 Å². The van der Waals surface area contributed by atoms with Crippen LogP contribution in [0.5, 0.6) is 0 Å². The first kappa shape index (κ1) is 18.6. The molecular weight excluding hydrogens is 414 g/mol. The summed E-state index contributed by atoms with van der Waals surface area (Å²) in [6.07, 6.45) is 7.83. The van der Waals surface area contributed by atoms with Crippen LogP contribution in [-0.2, 0) is 0 Å². The van der Waals surface area contributed by atoms with Crippen molar-refractivity contribution < 1.29 is 0 Å². The first-order chi connectivity index (χ1) is 15.7. The highest BCUT2D eigenvalue weighted by molar-refractivity contribution is 7.02. The number of nitrogens with one attached hydrogen (secondary N) is 2. The van der Waals surface area contributed by atoms with Gasteiger partial charge in [0, 0.05) is 11.4 Å². The molecule has 0 bridgehead atoms. The highest BCUT2D eigenvalue weighted by Crippen LogP contribution is 2.42. The fourth-order valence-corrected chi connectivity index (χ4v) is 9.85. The predicted octanol–water partition coefficient (Wildman–Crippen LogP) is 1.61. The molecule has 0 radical (unpaired) electrons. The Morgan fingerprint density at radius 1 is 0.781 bits per heavy atom. The number of piperazine rings is 1. The van der Waals surface area contributed by atoms with Gasteiger partial charge in [0.2, 0.25) is 0 Å². The van der Waals surface area contributed by atoms with Gasteiger partial charge in [0.1, 0.15) is 20.8 Å². The Hall–Kier alpha value is -3.00. The number of hydrogen-bond donors (Lipinski definition) is 2. The lowest BCUT2D eigenvalue weighted by Gasteiger charge is -2.57. The average molecular weight is 444 g/mol. The predicted molar refractivity (Wildman–Crippen MR) is 131 cm³/mol. The maximum atomic E-state index is 4.49. The van der Waals surface area contributed by atoms with Crippen LogP contribution in [0.1, 0.15) is 19.3 Å². The molecule has 5 aliphatic rings. The topological polar surface area (TPSA) is 58.5 Å². The van der Waals surface area contributed by atoms with Crippen LogP contribution in [0.25, 0.3) is 0 Å². The summed E-state index contributed by atoms with van der Waals surface area (Å²) in [6, 6.07) is 19.4. The summed E-state index contributed by atoms with van der Waals surface area (Å²) in [5, 5.41) is 12.0. The lowest BCUT2D eigenvalue weighted by atomic mass is 9.80. The first-order valence-corrected chi connectivity index (χ1v) is 14.8. The van der Waals surface area contributed by atoms with E-state index in [2.05, 4.69) is 97.4 Å². The zero-order chi connectivity index (χ0) is 21.4. The number of benzene rings is 2. The van der Waals surface area contributed by atoms with Crippen molar-refractivity contribution in [2.45, 2.75) is 62.8 Å². The van der Waals surface area contributed by atoms with E-state index in [1.807, 2.05) is 12.7 Å². The van der Waals surface area contributed by atoms with Gasteiger partial charge < -0.3 is 14.7 Å². The number of hydrogen-bond acceptors (Lipinski definition) is 7. The van der Waals surface area contributed by atoms with Crippen LogP contribution >= 0.6 is 0 Å². The SMILES string of the molecule is C[Si]1(C)c2ccccc2N(C2CCCC3C2N2C=NNC2C2NN=CN32)c2ccccc21. The van der Waals surface area contributed by atoms with Gasteiger partial charge in [0.15, 0.2) is 12.3 Å². The zero-order valence-corrected chi connectivity index (χ0v) is 19.5. The molecule has 1 saturated carbocycles. The number of anilines is 2. The van der Waals surface area contributed by atoms with E-state index in [9.17, 15) is 0 Å². The van der Waals surface area contributed by atoms with Crippen LogP contribution in [0.4, 0.5) is 11.4 Å². The van der Waals surface area contributed by atoms with Gasteiger partial charge in [-0.3, -0.25) is 10.9 Å². The molecular formula is C24H29N7Si. The molecule has 1 saturated heterocycles. The molecule has 164 valence electrons. The third-order valence-electron chi connectivity index (χ3n) is 8.26. The van der Waals surface area contributed by atoms with Crippen molar-refractivity contribution in [1.82, 2.24) is 20.7 Å². The van der Waals surface area contributed by atoms with Gasteiger partial charge in [0.05, 0.1) is 18.1 Å². The second kappa shape index (κ2) is 6.51. The molecule has 7 nitrogen and oxygen atoms in total. The van der Waals surface area contributed by atoms with Gasteiger partial charge in [-0.15, -0.1) is 0 Å². The van der Waals surface area contributed by atoms with Crippen molar-refractivity contribution in [2.75, 3.05) is 4.90 Å². The van der Waals surface area contributed by atoms with Gasteiger partial charge >= 0.3 is 0 Å². The second-order valence-corrected chi connectivity index (χ2v) is 14.4. The van der Waals surface area contributed by atoms with Crippen molar-refractivity contribution in [1.29, 1.82) is 0 Å². The minimum Gasteiger partial charge on any atom is -0.336 e. The Kier molecular flexibility index (Phi) is 3.77. The first-order valence-electron chi connectivity index (χ1n) is 11.8. The Balaban J connectivity index is 1.40. The quantitative estimate of drug-likeness (QED) is 0.656. The Labute approximate surface area is 189 Å². The Morgan fingerprint density at radius 3 is 2.03 bits per heavy atom. The molecule has 2 N–H and O–H groups in total. The van der Waals surface area contributed by atoms with E-state index in [-0.39, 0.29) is 12.3 Å². The van der Waals surface area contributed by atoms with Crippen LogP contribution in [0, 0.1) is 0 Å². The summed E-state index contributed by atoms with van der Waals surface area (Å²) in [6.45, 7) is 4.99. The van der Waals surface area contributed by atoms with E-state index in [1.54, 1.807) is 10.4 Å². The third-order valence-corrected chi connectivity index (χ3v) is 11.8. The average Bonchev–Trinajstić information content (AvgIpc) is 3.49. The molecule has 5 unspecified atom stereocenters. The molecule has 0 spiro atoms. The summed E-state index contributed by atoms with van der Waals surface area (Å²) in [4.78, 5) is 7.60. The highest BCUT2D eigenvalue weighted by atomic mass is 28.3. The standard InChI is InChI=1S/C24H29N7Si/c1-32(2)20-12-5-3-8-16(20)31(17-9-4-6-13-21(17)32)19-11-7-10-18-22(19)30-15-26-28-24(30)23-27-25-14-29(18)23/h3-6,8-9,12-15,18-19,22-24,27-28H,7,10-11H2,1-2H3. The number of hydrazone groups is 2. The van der Waals surface area contributed by atoms with Crippen LogP contribution < -0.4 is 26.1 Å². The summed E-state index contributed by atoms with van der Waals surface area (Å²) < 4.78 is 0. The molecule has 1 aliphatic carbocycles.